The number of sulfonamides is 1. The Labute approximate surface area is 77.8 Å². The fraction of sp³-hybridized carbons (Fsp3) is 0.375. The van der Waals surface area contributed by atoms with Crippen LogP contribution in [0.2, 0.25) is 0 Å². The van der Waals surface area contributed by atoms with Gasteiger partial charge in [-0.3, -0.25) is 4.98 Å². The molecule has 0 aliphatic carbocycles. The Morgan fingerprint density at radius 1 is 1.54 bits per heavy atom. The molecule has 0 spiro atoms. The van der Waals surface area contributed by atoms with E-state index in [1.165, 1.54) is 0 Å². The minimum Gasteiger partial charge on any atom is -0.260 e. The van der Waals surface area contributed by atoms with Crippen molar-refractivity contribution in [1.82, 2.24) is 4.98 Å². The zero-order chi connectivity index (χ0) is 9.90. The summed E-state index contributed by atoms with van der Waals surface area (Å²) >= 11 is 0. The van der Waals surface area contributed by atoms with E-state index in [4.69, 9.17) is 5.14 Å². The average Bonchev–Trinajstić information content (AvgIpc) is 2.05. The van der Waals surface area contributed by atoms with E-state index in [1.54, 1.807) is 31.3 Å². The Kier molecular flexibility index (Phi) is 3.00. The van der Waals surface area contributed by atoms with Crippen LogP contribution in [0.25, 0.3) is 0 Å². The molecule has 2 N–H and O–H groups in total. The molecule has 72 valence electrons. The molecule has 1 rings (SSSR count). The minimum absolute atomic E-state index is 0.440. The van der Waals surface area contributed by atoms with E-state index in [0.717, 1.165) is 0 Å². The van der Waals surface area contributed by atoms with Gasteiger partial charge in [0, 0.05) is 6.20 Å². The van der Waals surface area contributed by atoms with E-state index in [0.29, 0.717) is 12.1 Å². The van der Waals surface area contributed by atoms with Crippen LogP contribution >= 0.6 is 0 Å². The number of rotatable bonds is 3. The summed E-state index contributed by atoms with van der Waals surface area (Å²) in [5.41, 5.74) is 0.507. The highest BCUT2D eigenvalue weighted by molar-refractivity contribution is 7.89. The number of nitrogens with zero attached hydrogens (tertiary/aromatic N) is 1. The van der Waals surface area contributed by atoms with Crippen molar-refractivity contribution in [3.8, 4) is 0 Å². The van der Waals surface area contributed by atoms with Crippen LogP contribution < -0.4 is 5.14 Å². The van der Waals surface area contributed by atoms with Gasteiger partial charge in [-0.1, -0.05) is 13.0 Å². The molecular formula is C8H12N2O2S. The fourth-order valence-electron chi connectivity index (χ4n) is 1.18. The van der Waals surface area contributed by atoms with Gasteiger partial charge in [0.15, 0.2) is 0 Å². The molecule has 0 radical (unpaired) electrons. The highest BCUT2D eigenvalue weighted by atomic mass is 32.2. The maximum Gasteiger partial charge on any atom is 0.217 e. The number of hydrogen-bond acceptors (Lipinski definition) is 3. The first kappa shape index (κ1) is 10.1. The van der Waals surface area contributed by atoms with Gasteiger partial charge in [-0.15, -0.1) is 0 Å². The van der Waals surface area contributed by atoms with Gasteiger partial charge < -0.3 is 0 Å². The molecule has 0 amide bonds. The second-order valence-electron chi connectivity index (χ2n) is 2.74. The number of pyridine rings is 1. The summed E-state index contributed by atoms with van der Waals surface area (Å²) in [7, 11) is -3.53. The monoisotopic (exact) mass is 200 g/mol. The van der Waals surface area contributed by atoms with Crippen molar-refractivity contribution < 1.29 is 8.42 Å². The molecule has 1 aromatic heterocycles. The van der Waals surface area contributed by atoms with Crippen LogP contribution in [0.4, 0.5) is 0 Å². The minimum atomic E-state index is -3.53. The third-order valence-electron chi connectivity index (χ3n) is 1.79. The Morgan fingerprint density at radius 3 is 2.62 bits per heavy atom. The molecule has 0 saturated carbocycles. The van der Waals surface area contributed by atoms with Crippen LogP contribution in [0.1, 0.15) is 24.3 Å². The lowest BCUT2D eigenvalue weighted by atomic mass is 10.2. The Hall–Kier alpha value is -0.940. The summed E-state index contributed by atoms with van der Waals surface area (Å²) in [6.07, 6.45) is 2.00. The second-order valence-corrected chi connectivity index (χ2v) is 4.49. The van der Waals surface area contributed by atoms with Gasteiger partial charge in [0.05, 0.1) is 5.69 Å². The van der Waals surface area contributed by atoms with Crippen LogP contribution in [0.5, 0.6) is 0 Å². The summed E-state index contributed by atoms with van der Waals surface area (Å²) in [5.74, 6) is 0. The van der Waals surface area contributed by atoms with E-state index >= 15 is 0 Å². The van der Waals surface area contributed by atoms with Gasteiger partial charge in [0.25, 0.3) is 0 Å². The third-order valence-corrected chi connectivity index (χ3v) is 3.15. The van der Waals surface area contributed by atoms with Gasteiger partial charge in [0.1, 0.15) is 5.25 Å². The molecule has 0 aliphatic heterocycles. The SMILES string of the molecule is CCC(c1ccccn1)S(N)(=O)=O. The maximum absolute atomic E-state index is 11.1. The highest BCUT2D eigenvalue weighted by Gasteiger charge is 2.22. The topological polar surface area (TPSA) is 73.0 Å². The van der Waals surface area contributed by atoms with E-state index in [9.17, 15) is 8.42 Å². The summed E-state index contributed by atoms with van der Waals surface area (Å²) in [6.45, 7) is 1.77. The van der Waals surface area contributed by atoms with Gasteiger partial charge in [-0.2, -0.15) is 0 Å². The fourth-order valence-corrected chi connectivity index (χ4v) is 2.12. The zero-order valence-electron chi connectivity index (χ0n) is 7.34. The van der Waals surface area contributed by atoms with Crippen molar-refractivity contribution in [1.29, 1.82) is 0 Å². The molecule has 1 heterocycles. The van der Waals surface area contributed by atoms with Crippen LogP contribution in [0, 0.1) is 0 Å². The Bertz CT molecular complexity index is 361. The van der Waals surface area contributed by atoms with Crippen molar-refractivity contribution in [2.75, 3.05) is 0 Å². The van der Waals surface area contributed by atoms with Crippen molar-refractivity contribution in [2.24, 2.45) is 5.14 Å². The van der Waals surface area contributed by atoms with Crippen LogP contribution in [-0.4, -0.2) is 13.4 Å². The first-order chi connectivity index (χ1) is 6.05. The van der Waals surface area contributed by atoms with Gasteiger partial charge >= 0.3 is 0 Å². The van der Waals surface area contributed by atoms with Crippen molar-refractivity contribution >= 4 is 10.0 Å². The smallest absolute Gasteiger partial charge is 0.217 e. The van der Waals surface area contributed by atoms with Gasteiger partial charge in [-0.25, -0.2) is 13.6 Å². The molecule has 0 bridgehead atoms. The summed E-state index contributed by atoms with van der Waals surface area (Å²) in [6, 6.07) is 5.15. The largest absolute Gasteiger partial charge is 0.260 e. The van der Waals surface area contributed by atoms with Crippen LogP contribution in [0.3, 0.4) is 0 Å². The normalized spacial score (nSPS) is 14.0. The first-order valence-electron chi connectivity index (χ1n) is 3.98. The highest BCUT2D eigenvalue weighted by Crippen LogP contribution is 2.20. The zero-order valence-corrected chi connectivity index (χ0v) is 8.16. The van der Waals surface area contributed by atoms with Gasteiger partial charge in [0.2, 0.25) is 10.0 Å². The van der Waals surface area contributed by atoms with Crippen molar-refractivity contribution in [2.45, 2.75) is 18.6 Å². The standard InChI is InChI=1S/C8H12N2O2S/c1-2-8(13(9,11)12)7-5-3-4-6-10-7/h3-6,8H,2H2,1H3,(H2,9,11,12). The maximum atomic E-state index is 11.1. The van der Waals surface area contributed by atoms with E-state index in [-0.39, 0.29) is 0 Å². The molecule has 0 aliphatic rings. The summed E-state index contributed by atoms with van der Waals surface area (Å²) in [5, 5.41) is 4.37. The lowest BCUT2D eigenvalue weighted by Gasteiger charge is -2.10. The molecule has 13 heavy (non-hydrogen) atoms. The molecule has 1 aromatic rings. The van der Waals surface area contributed by atoms with E-state index in [2.05, 4.69) is 4.98 Å². The predicted octanol–water partition coefficient (Wildman–Crippen LogP) is 0.821. The van der Waals surface area contributed by atoms with Gasteiger partial charge in [-0.05, 0) is 18.6 Å². The molecular weight excluding hydrogens is 188 g/mol. The number of hydrogen-bond donors (Lipinski definition) is 1. The Morgan fingerprint density at radius 2 is 2.23 bits per heavy atom. The second kappa shape index (κ2) is 3.85. The van der Waals surface area contributed by atoms with E-state index < -0.39 is 15.3 Å². The van der Waals surface area contributed by atoms with Crippen molar-refractivity contribution in [3.63, 3.8) is 0 Å². The lowest BCUT2D eigenvalue weighted by Crippen LogP contribution is -2.21. The first-order valence-corrected chi connectivity index (χ1v) is 5.59. The molecule has 4 nitrogen and oxygen atoms in total. The molecule has 0 aromatic carbocycles. The molecule has 0 saturated heterocycles. The number of nitrogens with two attached hydrogens (primary N) is 1. The summed E-state index contributed by atoms with van der Waals surface area (Å²) < 4.78 is 22.2. The Balaban J connectivity index is 3.06. The van der Waals surface area contributed by atoms with E-state index in [1.807, 2.05) is 0 Å². The molecule has 1 atom stereocenters. The van der Waals surface area contributed by atoms with Crippen LogP contribution in [0.15, 0.2) is 24.4 Å². The number of primary sulfonamides is 1. The molecule has 1 unspecified atom stereocenters. The quantitative estimate of drug-likeness (QED) is 0.785. The number of aromatic nitrogens is 1. The third kappa shape index (κ3) is 2.50. The lowest BCUT2D eigenvalue weighted by molar-refractivity contribution is 0.579. The molecule has 5 heteroatoms. The summed E-state index contributed by atoms with van der Waals surface area (Å²) in [4.78, 5) is 3.96. The van der Waals surface area contributed by atoms with Crippen LogP contribution in [-0.2, 0) is 10.0 Å². The van der Waals surface area contributed by atoms with Crippen molar-refractivity contribution in [3.05, 3.63) is 30.1 Å². The predicted molar refractivity (Wildman–Crippen MR) is 50.4 cm³/mol. The molecule has 0 fully saturated rings. The average molecular weight is 200 g/mol.